The molecule has 1 unspecified atom stereocenters. The molecule has 0 bridgehead atoms. The molecule has 10 heteroatoms. The van der Waals surface area contributed by atoms with E-state index in [9.17, 15) is 27.1 Å². The van der Waals surface area contributed by atoms with E-state index in [1.165, 1.54) is 35.9 Å². The molecule has 4 aromatic carbocycles. The Morgan fingerprint density at radius 2 is 1.14 bits per heavy atom. The van der Waals surface area contributed by atoms with Gasteiger partial charge in [0, 0.05) is 28.7 Å². The number of benzene rings is 4. The number of hydrogen-bond donors (Lipinski definition) is 1. The number of allylic oxidation sites excluding steroid dienone is 1. The van der Waals surface area contributed by atoms with Gasteiger partial charge in [0.05, 0.1) is 11.4 Å². The van der Waals surface area contributed by atoms with Crippen molar-refractivity contribution in [3.05, 3.63) is 143 Å². The minimum absolute atomic E-state index is 0.0808. The van der Waals surface area contributed by atoms with Gasteiger partial charge in [-0.3, -0.25) is 0 Å². The first-order valence-corrected chi connectivity index (χ1v) is 16.1. The minimum atomic E-state index is -2.85. The van der Waals surface area contributed by atoms with Crippen LogP contribution >= 0.6 is 23.2 Å². The zero-order chi connectivity index (χ0) is 35.6. The zero-order valence-corrected chi connectivity index (χ0v) is 27.7. The third-order valence-electron chi connectivity index (χ3n) is 6.95. The van der Waals surface area contributed by atoms with Gasteiger partial charge in [0.2, 0.25) is 0 Å². The van der Waals surface area contributed by atoms with Gasteiger partial charge in [0.1, 0.15) is 17.7 Å². The molecule has 0 aliphatic heterocycles. The number of ether oxygens (including phenoxy) is 2. The van der Waals surface area contributed by atoms with E-state index in [2.05, 4.69) is 45.8 Å². The first-order valence-electron chi connectivity index (χ1n) is 15.0. The van der Waals surface area contributed by atoms with Crippen LogP contribution in [0.2, 0.25) is 0 Å². The molecule has 1 atom stereocenters. The van der Waals surface area contributed by atoms with E-state index in [0.29, 0.717) is 22.6 Å². The second-order valence-corrected chi connectivity index (χ2v) is 11.3. The van der Waals surface area contributed by atoms with Crippen molar-refractivity contribution in [2.24, 2.45) is 0 Å². The van der Waals surface area contributed by atoms with Crippen molar-refractivity contribution < 1.29 is 36.5 Å². The standard InChI is InChI=1S/C19H15F3O.C19H16F2O2.CH2Cl2/c1-2-4-18(20)16-6-3-5-15(13-16)8-7-14-9-11-17(12-10-14)23-19(21)22;20-19(21)23-18-8-6-13(7-9-18)4-5-14-2-1-3-15(10-14)16-11-17(22)12-16;2-1-3/h2-3,5-6,9-13,18-19H,1,4H2;1-3,6-10,16-17,19,22H,11-12H2;1H2. The lowest BCUT2D eigenvalue weighted by atomic mass is 9.77. The van der Waals surface area contributed by atoms with Crippen molar-refractivity contribution in [2.45, 2.75) is 50.7 Å². The van der Waals surface area contributed by atoms with E-state index in [-0.39, 0.29) is 29.4 Å². The van der Waals surface area contributed by atoms with Gasteiger partial charge in [-0.05, 0) is 103 Å². The fourth-order valence-electron chi connectivity index (χ4n) is 4.55. The monoisotopic (exact) mass is 714 g/mol. The summed E-state index contributed by atoms with van der Waals surface area (Å²) >= 11 is 9.53. The van der Waals surface area contributed by atoms with E-state index in [1.807, 2.05) is 18.2 Å². The molecule has 0 radical (unpaired) electrons. The third kappa shape index (κ3) is 14.3. The van der Waals surface area contributed by atoms with Crippen molar-refractivity contribution >= 4 is 23.2 Å². The highest BCUT2D eigenvalue weighted by molar-refractivity contribution is 6.40. The maximum Gasteiger partial charge on any atom is 0.387 e. The molecule has 0 saturated heterocycles. The summed E-state index contributed by atoms with van der Waals surface area (Å²) in [6, 6.07) is 27.2. The van der Waals surface area contributed by atoms with E-state index >= 15 is 0 Å². The summed E-state index contributed by atoms with van der Waals surface area (Å²) in [7, 11) is 0. The predicted octanol–water partition coefficient (Wildman–Crippen LogP) is 10.6. The van der Waals surface area contributed by atoms with Crippen molar-refractivity contribution in [3.63, 3.8) is 0 Å². The van der Waals surface area contributed by atoms with Crippen LogP contribution in [0.4, 0.5) is 22.0 Å². The lowest BCUT2D eigenvalue weighted by molar-refractivity contribution is -0.0505. The van der Waals surface area contributed by atoms with Gasteiger partial charge in [-0.1, -0.05) is 54.0 Å². The van der Waals surface area contributed by atoms with Gasteiger partial charge in [-0.2, -0.15) is 17.6 Å². The average Bonchev–Trinajstić information content (AvgIpc) is 3.07. The molecule has 4 aromatic rings. The Morgan fingerprint density at radius 1 is 0.694 bits per heavy atom. The molecule has 1 aliphatic carbocycles. The summed E-state index contributed by atoms with van der Waals surface area (Å²) in [5.41, 5.74) is 4.72. The zero-order valence-electron chi connectivity index (χ0n) is 26.1. The molecule has 0 heterocycles. The quantitative estimate of drug-likeness (QED) is 0.0855. The smallest absolute Gasteiger partial charge is 0.387 e. The van der Waals surface area contributed by atoms with Crippen LogP contribution in [0.3, 0.4) is 0 Å². The fourth-order valence-corrected chi connectivity index (χ4v) is 4.55. The number of aliphatic hydroxyl groups excluding tert-OH is 1. The van der Waals surface area contributed by atoms with Crippen LogP contribution in [0, 0.1) is 23.7 Å². The summed E-state index contributed by atoms with van der Waals surface area (Å²) in [4.78, 5) is 0. The molecule has 1 saturated carbocycles. The Kier molecular flexibility index (Phi) is 16.5. The average molecular weight is 716 g/mol. The predicted molar refractivity (Wildman–Crippen MR) is 184 cm³/mol. The van der Waals surface area contributed by atoms with Crippen LogP contribution in [0.5, 0.6) is 11.5 Å². The molecule has 1 N–H and O–H groups in total. The van der Waals surface area contributed by atoms with Gasteiger partial charge in [-0.15, -0.1) is 29.8 Å². The molecule has 0 amide bonds. The highest BCUT2D eigenvalue weighted by atomic mass is 35.5. The number of alkyl halides is 7. The first kappa shape index (κ1) is 39.0. The van der Waals surface area contributed by atoms with Crippen LogP contribution < -0.4 is 9.47 Å². The van der Waals surface area contributed by atoms with Gasteiger partial charge in [-0.25, -0.2) is 4.39 Å². The Bertz CT molecular complexity index is 1720. The molecule has 256 valence electrons. The molecule has 3 nitrogen and oxygen atoms in total. The van der Waals surface area contributed by atoms with Gasteiger partial charge >= 0.3 is 13.2 Å². The lowest BCUT2D eigenvalue weighted by Gasteiger charge is -2.31. The maximum absolute atomic E-state index is 13.8. The van der Waals surface area contributed by atoms with Crippen LogP contribution in [0.25, 0.3) is 0 Å². The van der Waals surface area contributed by atoms with E-state index in [0.717, 1.165) is 24.0 Å². The number of hydrogen-bond acceptors (Lipinski definition) is 3. The highest BCUT2D eigenvalue weighted by Crippen LogP contribution is 2.36. The molecule has 0 spiro atoms. The van der Waals surface area contributed by atoms with Crippen molar-refractivity contribution in [2.75, 3.05) is 5.34 Å². The SMILES string of the molecule is C=CCC(F)c1cccc(C#Cc2ccc(OC(F)F)cc2)c1.ClCCl.OC1CC(c2cccc(C#Cc3ccc(OC(F)F)cc3)c2)C1. The Labute approximate surface area is 293 Å². The summed E-state index contributed by atoms with van der Waals surface area (Å²) in [5.74, 6) is 12.5. The third-order valence-corrected chi connectivity index (χ3v) is 6.95. The van der Waals surface area contributed by atoms with Crippen molar-refractivity contribution in [1.29, 1.82) is 0 Å². The fraction of sp³-hybridized carbons (Fsp3) is 0.231. The second-order valence-electron chi connectivity index (χ2n) is 10.5. The topological polar surface area (TPSA) is 38.7 Å². The number of rotatable bonds is 8. The molecule has 49 heavy (non-hydrogen) atoms. The van der Waals surface area contributed by atoms with Crippen molar-refractivity contribution in [1.82, 2.24) is 0 Å². The molecular weight excluding hydrogens is 682 g/mol. The summed E-state index contributed by atoms with van der Waals surface area (Å²) in [6.07, 6.45) is 2.13. The maximum atomic E-state index is 13.8. The van der Waals surface area contributed by atoms with Gasteiger partial charge < -0.3 is 14.6 Å². The van der Waals surface area contributed by atoms with Crippen molar-refractivity contribution in [3.8, 4) is 35.2 Å². The molecule has 1 aliphatic rings. The summed E-state index contributed by atoms with van der Waals surface area (Å²) < 4.78 is 70.7. The Hall–Kier alpha value is -4.47. The van der Waals surface area contributed by atoms with Gasteiger partial charge in [0.25, 0.3) is 0 Å². The van der Waals surface area contributed by atoms with Crippen LogP contribution in [-0.2, 0) is 0 Å². The summed E-state index contributed by atoms with van der Waals surface area (Å²) in [5, 5.41) is 9.59. The first-order chi connectivity index (χ1) is 23.6. The van der Waals surface area contributed by atoms with Crippen LogP contribution in [-0.4, -0.2) is 29.8 Å². The van der Waals surface area contributed by atoms with Crippen LogP contribution in [0.15, 0.2) is 110 Å². The normalized spacial score (nSPS) is 15.0. The van der Waals surface area contributed by atoms with Crippen LogP contribution in [0.1, 0.15) is 64.7 Å². The lowest BCUT2D eigenvalue weighted by Crippen LogP contribution is -2.26. The number of halogens is 7. The van der Waals surface area contributed by atoms with E-state index < -0.39 is 19.4 Å². The summed E-state index contributed by atoms with van der Waals surface area (Å²) in [6.45, 7) is -2.14. The van der Waals surface area contributed by atoms with E-state index in [1.54, 1.807) is 48.5 Å². The molecule has 1 fully saturated rings. The largest absolute Gasteiger partial charge is 0.435 e. The Balaban J connectivity index is 0.000000246. The number of aliphatic hydroxyl groups is 1. The highest BCUT2D eigenvalue weighted by Gasteiger charge is 2.28. The Morgan fingerprint density at radius 3 is 1.59 bits per heavy atom. The van der Waals surface area contributed by atoms with Gasteiger partial charge in [0.15, 0.2) is 0 Å². The molecular formula is C39H33Cl2F5O3. The molecule has 5 rings (SSSR count). The van der Waals surface area contributed by atoms with E-state index in [4.69, 9.17) is 23.2 Å². The minimum Gasteiger partial charge on any atom is -0.435 e. The second kappa shape index (κ2) is 20.8. The molecule has 0 aromatic heterocycles.